The molecule has 0 amide bonds. The number of ether oxygens (including phenoxy) is 1. The standard InChI is InChI=1S/C15H22N4O/c1-11(2)17-8-13-7-16-6-5-15(13)20-14-9-18-19(10-14)12(3)4/h5-7,9-12,17H,8H2,1-4H3. The summed E-state index contributed by atoms with van der Waals surface area (Å²) in [6.45, 7) is 9.13. The SMILES string of the molecule is CC(C)NCc1cnccc1Oc1cnn(C(C)C)c1. The minimum Gasteiger partial charge on any atom is -0.454 e. The Morgan fingerprint density at radius 2 is 2.05 bits per heavy atom. The molecule has 0 spiro atoms. The fraction of sp³-hybridized carbons (Fsp3) is 0.467. The molecular formula is C15H22N4O. The van der Waals surface area contributed by atoms with Crippen molar-refractivity contribution >= 4 is 0 Å². The van der Waals surface area contributed by atoms with Crippen LogP contribution in [0.3, 0.4) is 0 Å². The number of nitrogens with zero attached hydrogens (tertiary/aromatic N) is 3. The first kappa shape index (κ1) is 14.5. The van der Waals surface area contributed by atoms with Crippen molar-refractivity contribution in [2.24, 2.45) is 0 Å². The third kappa shape index (κ3) is 3.81. The minimum atomic E-state index is 0.326. The van der Waals surface area contributed by atoms with Crippen LogP contribution in [0.2, 0.25) is 0 Å². The second-order valence-corrected chi connectivity index (χ2v) is 5.37. The normalized spacial score (nSPS) is 11.3. The molecule has 0 unspecified atom stereocenters. The Hall–Kier alpha value is -1.88. The van der Waals surface area contributed by atoms with Gasteiger partial charge in [-0.15, -0.1) is 0 Å². The zero-order valence-corrected chi connectivity index (χ0v) is 12.5. The Morgan fingerprint density at radius 1 is 1.25 bits per heavy atom. The summed E-state index contributed by atoms with van der Waals surface area (Å²) in [5, 5.41) is 7.65. The van der Waals surface area contributed by atoms with Crippen molar-refractivity contribution in [2.45, 2.75) is 46.3 Å². The third-order valence-corrected chi connectivity index (χ3v) is 2.89. The van der Waals surface area contributed by atoms with Crippen LogP contribution < -0.4 is 10.1 Å². The fourth-order valence-electron chi connectivity index (χ4n) is 1.74. The van der Waals surface area contributed by atoms with Gasteiger partial charge in [-0.2, -0.15) is 5.10 Å². The summed E-state index contributed by atoms with van der Waals surface area (Å²) < 4.78 is 7.79. The minimum absolute atomic E-state index is 0.326. The molecular weight excluding hydrogens is 252 g/mol. The quantitative estimate of drug-likeness (QED) is 0.879. The average molecular weight is 274 g/mol. The maximum atomic E-state index is 5.91. The molecule has 0 atom stereocenters. The summed E-state index contributed by atoms with van der Waals surface area (Å²) in [5.74, 6) is 1.56. The molecule has 0 aliphatic rings. The van der Waals surface area contributed by atoms with Gasteiger partial charge in [-0.3, -0.25) is 9.67 Å². The molecule has 0 aromatic carbocycles. The van der Waals surface area contributed by atoms with E-state index in [2.05, 4.69) is 43.1 Å². The van der Waals surface area contributed by atoms with E-state index >= 15 is 0 Å². The van der Waals surface area contributed by atoms with Gasteiger partial charge in [-0.05, 0) is 19.9 Å². The highest BCUT2D eigenvalue weighted by Gasteiger charge is 2.08. The van der Waals surface area contributed by atoms with Gasteiger partial charge in [-0.25, -0.2) is 0 Å². The van der Waals surface area contributed by atoms with Crippen molar-refractivity contribution < 1.29 is 4.74 Å². The van der Waals surface area contributed by atoms with Crippen LogP contribution in [0.25, 0.3) is 0 Å². The number of rotatable bonds is 6. The van der Waals surface area contributed by atoms with Crippen molar-refractivity contribution in [2.75, 3.05) is 0 Å². The van der Waals surface area contributed by atoms with Gasteiger partial charge < -0.3 is 10.1 Å². The van der Waals surface area contributed by atoms with Crippen LogP contribution in [-0.2, 0) is 6.54 Å². The summed E-state index contributed by atoms with van der Waals surface area (Å²) >= 11 is 0. The molecule has 2 heterocycles. The van der Waals surface area contributed by atoms with Crippen molar-refractivity contribution in [3.8, 4) is 11.5 Å². The van der Waals surface area contributed by atoms with Gasteiger partial charge in [0.2, 0.25) is 0 Å². The molecule has 1 N–H and O–H groups in total. The fourth-order valence-corrected chi connectivity index (χ4v) is 1.74. The van der Waals surface area contributed by atoms with E-state index in [-0.39, 0.29) is 0 Å². The van der Waals surface area contributed by atoms with E-state index in [1.165, 1.54) is 0 Å². The molecule has 2 aromatic heterocycles. The molecule has 5 nitrogen and oxygen atoms in total. The van der Waals surface area contributed by atoms with Crippen molar-refractivity contribution in [3.63, 3.8) is 0 Å². The van der Waals surface area contributed by atoms with E-state index in [1.807, 2.05) is 23.1 Å². The number of pyridine rings is 1. The lowest BCUT2D eigenvalue weighted by Gasteiger charge is -2.12. The highest BCUT2D eigenvalue weighted by Crippen LogP contribution is 2.24. The second-order valence-electron chi connectivity index (χ2n) is 5.37. The lowest BCUT2D eigenvalue weighted by Crippen LogP contribution is -2.22. The molecule has 0 saturated carbocycles. The molecule has 108 valence electrons. The first-order chi connectivity index (χ1) is 9.56. The van der Waals surface area contributed by atoms with Crippen LogP contribution in [0.1, 0.15) is 39.3 Å². The average Bonchev–Trinajstić information content (AvgIpc) is 2.86. The van der Waals surface area contributed by atoms with Gasteiger partial charge in [0.25, 0.3) is 0 Å². The van der Waals surface area contributed by atoms with Gasteiger partial charge in [0, 0.05) is 36.6 Å². The Labute approximate surface area is 120 Å². The van der Waals surface area contributed by atoms with E-state index in [9.17, 15) is 0 Å². The molecule has 0 fully saturated rings. The molecule has 0 saturated heterocycles. The van der Waals surface area contributed by atoms with Crippen molar-refractivity contribution in [3.05, 3.63) is 36.4 Å². The maximum absolute atomic E-state index is 5.91. The summed E-state index contributed by atoms with van der Waals surface area (Å²) in [5.41, 5.74) is 1.04. The molecule has 0 aliphatic carbocycles. The van der Waals surface area contributed by atoms with Crippen LogP contribution >= 0.6 is 0 Å². The maximum Gasteiger partial charge on any atom is 0.165 e. The summed E-state index contributed by atoms with van der Waals surface area (Å²) in [4.78, 5) is 4.16. The lowest BCUT2D eigenvalue weighted by molar-refractivity contribution is 0.464. The molecule has 0 bridgehead atoms. The van der Waals surface area contributed by atoms with E-state index in [0.717, 1.165) is 23.6 Å². The van der Waals surface area contributed by atoms with E-state index in [4.69, 9.17) is 4.74 Å². The van der Waals surface area contributed by atoms with Crippen LogP contribution in [0, 0.1) is 0 Å². The van der Waals surface area contributed by atoms with Gasteiger partial charge in [0.15, 0.2) is 5.75 Å². The highest BCUT2D eigenvalue weighted by molar-refractivity contribution is 5.34. The van der Waals surface area contributed by atoms with Gasteiger partial charge in [0.05, 0.1) is 12.4 Å². The topological polar surface area (TPSA) is 52.0 Å². The predicted molar refractivity (Wildman–Crippen MR) is 78.9 cm³/mol. The molecule has 2 rings (SSSR count). The Kier molecular flexibility index (Phi) is 4.74. The Bertz CT molecular complexity index is 548. The van der Waals surface area contributed by atoms with Crippen LogP contribution in [0.4, 0.5) is 0 Å². The first-order valence-corrected chi connectivity index (χ1v) is 6.94. The van der Waals surface area contributed by atoms with Crippen LogP contribution in [0.5, 0.6) is 11.5 Å². The summed E-state index contributed by atoms with van der Waals surface area (Å²) in [6, 6.07) is 2.63. The Balaban J connectivity index is 2.11. The van der Waals surface area contributed by atoms with Crippen LogP contribution in [0.15, 0.2) is 30.9 Å². The summed E-state index contributed by atoms with van der Waals surface area (Å²) in [6.07, 6.45) is 7.21. The molecule has 20 heavy (non-hydrogen) atoms. The number of nitrogens with one attached hydrogen (secondary N) is 1. The van der Waals surface area contributed by atoms with Gasteiger partial charge in [0.1, 0.15) is 5.75 Å². The van der Waals surface area contributed by atoms with E-state index in [0.29, 0.717) is 12.1 Å². The predicted octanol–water partition coefficient (Wildman–Crippen LogP) is 3.15. The third-order valence-electron chi connectivity index (χ3n) is 2.89. The molecule has 0 aliphatic heterocycles. The summed E-state index contributed by atoms with van der Waals surface area (Å²) in [7, 11) is 0. The first-order valence-electron chi connectivity index (χ1n) is 6.94. The lowest BCUT2D eigenvalue weighted by atomic mass is 10.2. The van der Waals surface area contributed by atoms with E-state index in [1.54, 1.807) is 12.4 Å². The zero-order chi connectivity index (χ0) is 14.5. The van der Waals surface area contributed by atoms with E-state index < -0.39 is 0 Å². The van der Waals surface area contributed by atoms with Gasteiger partial charge in [-0.1, -0.05) is 13.8 Å². The molecule has 2 aromatic rings. The van der Waals surface area contributed by atoms with Crippen LogP contribution in [-0.4, -0.2) is 20.8 Å². The molecule has 0 radical (unpaired) electrons. The van der Waals surface area contributed by atoms with Crippen molar-refractivity contribution in [1.82, 2.24) is 20.1 Å². The molecule has 5 heteroatoms. The second kappa shape index (κ2) is 6.52. The zero-order valence-electron chi connectivity index (χ0n) is 12.5. The van der Waals surface area contributed by atoms with Crippen molar-refractivity contribution in [1.29, 1.82) is 0 Å². The largest absolute Gasteiger partial charge is 0.454 e. The number of hydrogen-bond acceptors (Lipinski definition) is 4. The highest BCUT2D eigenvalue weighted by atomic mass is 16.5. The monoisotopic (exact) mass is 274 g/mol. The Morgan fingerprint density at radius 3 is 2.70 bits per heavy atom. The van der Waals surface area contributed by atoms with Gasteiger partial charge >= 0.3 is 0 Å². The number of hydrogen-bond donors (Lipinski definition) is 1. The smallest absolute Gasteiger partial charge is 0.165 e. The number of aromatic nitrogens is 3.